The zero-order valence-corrected chi connectivity index (χ0v) is 19.4. The summed E-state index contributed by atoms with van der Waals surface area (Å²) in [6.07, 6.45) is 4.36. The van der Waals surface area contributed by atoms with E-state index in [0.29, 0.717) is 45.4 Å². The molecule has 0 radical (unpaired) electrons. The van der Waals surface area contributed by atoms with Crippen molar-refractivity contribution in [1.82, 2.24) is 14.9 Å². The molecule has 2 aromatic heterocycles. The van der Waals surface area contributed by atoms with E-state index >= 15 is 0 Å². The van der Waals surface area contributed by atoms with Crippen LogP contribution in [0.25, 0.3) is 33.0 Å². The molecular formula is C24H16Cl2N4O2S. The highest BCUT2D eigenvalue weighted by molar-refractivity contribution is 7.78. The number of rotatable bonds is 6. The highest BCUT2D eigenvalue weighted by atomic mass is 35.5. The Hall–Kier alpha value is -3.22. The van der Waals surface area contributed by atoms with Crippen molar-refractivity contribution in [3.8, 4) is 0 Å². The summed E-state index contributed by atoms with van der Waals surface area (Å²) in [4.78, 5) is 33.1. The van der Waals surface area contributed by atoms with Crippen molar-refractivity contribution in [1.29, 1.82) is 0 Å². The fourth-order valence-electron chi connectivity index (χ4n) is 4.29. The molecule has 2 aromatic carbocycles. The lowest BCUT2D eigenvalue weighted by Crippen LogP contribution is -2.22. The normalized spacial score (nSPS) is 13.8. The van der Waals surface area contributed by atoms with Gasteiger partial charge in [0.05, 0.1) is 22.9 Å². The molecule has 0 saturated carbocycles. The average Bonchev–Trinajstić information content (AvgIpc) is 3.43. The first-order valence-electron chi connectivity index (χ1n) is 10.2. The Labute approximate surface area is 203 Å². The number of carbonyl (C=O) groups excluding carboxylic acids is 2. The van der Waals surface area contributed by atoms with Gasteiger partial charge in [0.25, 0.3) is 11.8 Å². The minimum Gasteiger partial charge on any atom is -0.361 e. The molecule has 33 heavy (non-hydrogen) atoms. The van der Waals surface area contributed by atoms with E-state index in [4.69, 9.17) is 23.2 Å². The van der Waals surface area contributed by atoms with Gasteiger partial charge in [0, 0.05) is 61.9 Å². The number of imide groups is 1. The molecule has 1 aliphatic heterocycles. The molecular weight excluding hydrogens is 479 g/mol. The number of nitrogens with zero attached hydrogens (tertiary/aromatic N) is 2. The number of thiocarbonyl (C=S) groups is 1. The Morgan fingerprint density at radius 2 is 1.67 bits per heavy atom. The van der Waals surface area contributed by atoms with Gasteiger partial charge in [-0.1, -0.05) is 23.2 Å². The zero-order valence-electron chi connectivity index (χ0n) is 17.1. The van der Waals surface area contributed by atoms with Gasteiger partial charge in [-0.05, 0) is 55.0 Å². The number of fused-ring (bicyclic) bond motifs is 2. The number of isothiocyanates is 1. The van der Waals surface area contributed by atoms with Crippen LogP contribution < -0.4 is 5.32 Å². The minimum absolute atomic E-state index is 0.304. The van der Waals surface area contributed by atoms with Crippen LogP contribution in [-0.2, 0) is 16.1 Å². The molecule has 0 spiro atoms. The van der Waals surface area contributed by atoms with Gasteiger partial charge < -0.3 is 9.55 Å². The van der Waals surface area contributed by atoms with Crippen LogP contribution in [0.5, 0.6) is 0 Å². The number of hydrogen-bond acceptors (Lipinski definition) is 4. The van der Waals surface area contributed by atoms with Crippen LogP contribution in [0, 0.1) is 0 Å². The lowest BCUT2D eigenvalue weighted by molar-refractivity contribution is -0.122. The SMILES string of the molecule is O=C1NC(=O)C(c2cn(CCCN=C=S)c3ccc(Cl)cc23)=C1c1c[nH]c2ccc(Cl)cc12. The van der Waals surface area contributed by atoms with Crippen LogP contribution in [0.2, 0.25) is 10.0 Å². The number of aromatic nitrogens is 2. The number of carbonyl (C=O) groups is 2. The third-order valence-electron chi connectivity index (χ3n) is 5.69. The summed E-state index contributed by atoms with van der Waals surface area (Å²) in [7, 11) is 0. The first-order chi connectivity index (χ1) is 16.0. The summed E-state index contributed by atoms with van der Waals surface area (Å²) in [5.41, 5.74) is 3.59. The second-order valence-corrected chi connectivity index (χ2v) is 8.71. The quantitative estimate of drug-likeness (QED) is 0.161. The van der Waals surface area contributed by atoms with E-state index in [0.717, 1.165) is 28.2 Å². The van der Waals surface area contributed by atoms with Crippen LogP contribution in [0.3, 0.4) is 0 Å². The van der Waals surface area contributed by atoms with Crippen molar-refractivity contribution in [3.63, 3.8) is 0 Å². The summed E-state index contributed by atoms with van der Waals surface area (Å²) in [5.74, 6) is -0.898. The molecule has 1 aliphatic rings. The van der Waals surface area contributed by atoms with E-state index in [9.17, 15) is 9.59 Å². The molecule has 4 aromatic rings. The van der Waals surface area contributed by atoms with Gasteiger partial charge in [0.15, 0.2) is 0 Å². The van der Waals surface area contributed by atoms with Crippen LogP contribution >= 0.6 is 35.4 Å². The molecule has 0 aliphatic carbocycles. The lowest BCUT2D eigenvalue weighted by Gasteiger charge is -2.03. The van der Waals surface area contributed by atoms with Crippen molar-refractivity contribution < 1.29 is 9.59 Å². The molecule has 0 fully saturated rings. The average molecular weight is 495 g/mol. The molecule has 0 atom stereocenters. The van der Waals surface area contributed by atoms with E-state index in [1.165, 1.54) is 0 Å². The maximum Gasteiger partial charge on any atom is 0.259 e. The standard InChI is InChI=1S/C24H16Cl2N4O2S/c25-13-2-4-19-15(8-13)17(10-28-19)21-22(24(32)29-23(21)31)18-11-30(7-1-6-27-12-33)20-5-3-14(26)9-16(18)20/h2-5,8-11,28H,1,6-7H2,(H,29,31,32). The number of aromatic amines is 1. The smallest absolute Gasteiger partial charge is 0.259 e. The van der Waals surface area contributed by atoms with Gasteiger partial charge in [0.2, 0.25) is 0 Å². The predicted octanol–water partition coefficient (Wildman–Crippen LogP) is 5.49. The molecule has 0 saturated heterocycles. The molecule has 0 unspecified atom stereocenters. The van der Waals surface area contributed by atoms with E-state index in [2.05, 4.69) is 32.7 Å². The van der Waals surface area contributed by atoms with E-state index in [-0.39, 0.29) is 0 Å². The fraction of sp³-hybridized carbons (Fsp3) is 0.125. The molecule has 2 amide bonds. The van der Waals surface area contributed by atoms with Crippen molar-refractivity contribution >= 4 is 85.3 Å². The third-order valence-corrected chi connectivity index (χ3v) is 6.29. The molecule has 164 valence electrons. The van der Waals surface area contributed by atoms with E-state index in [1.54, 1.807) is 24.4 Å². The Morgan fingerprint density at radius 1 is 0.970 bits per heavy atom. The van der Waals surface area contributed by atoms with Gasteiger partial charge in [-0.2, -0.15) is 0 Å². The number of H-pyrrole nitrogens is 1. The van der Waals surface area contributed by atoms with Crippen molar-refractivity contribution in [2.75, 3.05) is 6.54 Å². The number of halogens is 2. The monoisotopic (exact) mass is 494 g/mol. The summed E-state index contributed by atoms with van der Waals surface area (Å²) < 4.78 is 2.03. The highest BCUT2D eigenvalue weighted by Gasteiger charge is 2.35. The number of aliphatic imine (C=N–C) groups is 1. The Bertz CT molecular complexity index is 1540. The van der Waals surface area contributed by atoms with Crippen LogP contribution in [0.1, 0.15) is 17.5 Å². The number of nitrogens with one attached hydrogen (secondary N) is 2. The lowest BCUT2D eigenvalue weighted by atomic mass is 9.95. The van der Waals surface area contributed by atoms with Crippen LogP contribution in [0.15, 0.2) is 53.8 Å². The van der Waals surface area contributed by atoms with E-state index in [1.807, 2.05) is 29.0 Å². The van der Waals surface area contributed by atoms with Crippen LogP contribution in [-0.4, -0.2) is 33.1 Å². The highest BCUT2D eigenvalue weighted by Crippen LogP contribution is 2.39. The molecule has 0 bridgehead atoms. The van der Waals surface area contributed by atoms with Gasteiger partial charge in [-0.25, -0.2) is 4.99 Å². The number of aryl methyl sites for hydroxylation is 1. The maximum atomic E-state index is 13.0. The Morgan fingerprint density at radius 3 is 2.42 bits per heavy atom. The second-order valence-electron chi connectivity index (χ2n) is 7.65. The second kappa shape index (κ2) is 8.61. The summed E-state index contributed by atoms with van der Waals surface area (Å²) in [6.45, 7) is 1.20. The number of benzene rings is 2. The summed E-state index contributed by atoms with van der Waals surface area (Å²) >= 11 is 17.1. The molecule has 6 nitrogen and oxygen atoms in total. The van der Waals surface area contributed by atoms with Gasteiger partial charge in [0.1, 0.15) is 0 Å². The topological polar surface area (TPSA) is 79.2 Å². The number of amides is 2. The van der Waals surface area contributed by atoms with Crippen molar-refractivity contribution in [2.45, 2.75) is 13.0 Å². The summed E-state index contributed by atoms with van der Waals surface area (Å²) in [5, 5.41) is 7.46. The first-order valence-corrected chi connectivity index (χ1v) is 11.3. The molecule has 9 heteroatoms. The predicted molar refractivity (Wildman–Crippen MR) is 135 cm³/mol. The zero-order chi connectivity index (χ0) is 23.1. The Balaban J connectivity index is 1.74. The molecule has 3 heterocycles. The largest absolute Gasteiger partial charge is 0.361 e. The third kappa shape index (κ3) is 3.79. The molecule has 5 rings (SSSR count). The van der Waals surface area contributed by atoms with Crippen molar-refractivity contribution in [2.24, 2.45) is 4.99 Å². The molecule has 2 N–H and O–H groups in total. The van der Waals surface area contributed by atoms with Gasteiger partial charge in [-0.3, -0.25) is 14.9 Å². The minimum atomic E-state index is -0.450. The van der Waals surface area contributed by atoms with Crippen molar-refractivity contribution in [3.05, 3.63) is 70.0 Å². The van der Waals surface area contributed by atoms with E-state index < -0.39 is 11.8 Å². The maximum absolute atomic E-state index is 13.0. The van der Waals surface area contributed by atoms with Gasteiger partial charge in [-0.15, -0.1) is 0 Å². The van der Waals surface area contributed by atoms with Crippen LogP contribution in [0.4, 0.5) is 0 Å². The first kappa shape index (κ1) is 21.6. The summed E-state index contributed by atoms with van der Waals surface area (Å²) in [6, 6.07) is 10.9. The number of hydrogen-bond donors (Lipinski definition) is 2. The Kier molecular flexibility index (Phi) is 5.64. The van der Waals surface area contributed by atoms with Gasteiger partial charge >= 0.3 is 0 Å². The fourth-order valence-corrected chi connectivity index (χ4v) is 4.72.